The molecule has 1 unspecified atom stereocenters. The van der Waals surface area contributed by atoms with Gasteiger partial charge in [-0.25, -0.2) is 0 Å². The van der Waals surface area contributed by atoms with E-state index >= 15 is 0 Å². The summed E-state index contributed by atoms with van der Waals surface area (Å²) in [6, 6.07) is 25.5. The van der Waals surface area contributed by atoms with Crippen LogP contribution in [0, 0.1) is 0 Å². The maximum atomic E-state index is 13.8. The summed E-state index contributed by atoms with van der Waals surface area (Å²) in [7, 11) is 0. The SMILES string of the molecule is O=C(C(c1ccccc1)c1ccccc1)N1CCSC1c1cccc(Cl)c1Cl. The predicted molar refractivity (Wildman–Crippen MR) is 118 cm³/mol. The van der Waals surface area contributed by atoms with E-state index in [0.29, 0.717) is 16.6 Å². The first-order valence-electron chi connectivity index (χ1n) is 9.12. The van der Waals surface area contributed by atoms with Gasteiger partial charge in [0.1, 0.15) is 5.37 Å². The van der Waals surface area contributed by atoms with Gasteiger partial charge in [-0.15, -0.1) is 11.8 Å². The van der Waals surface area contributed by atoms with Gasteiger partial charge in [0, 0.05) is 17.9 Å². The van der Waals surface area contributed by atoms with E-state index in [1.807, 2.05) is 77.7 Å². The zero-order valence-electron chi connectivity index (χ0n) is 15.1. The molecule has 1 aliphatic heterocycles. The van der Waals surface area contributed by atoms with Gasteiger partial charge in [-0.2, -0.15) is 0 Å². The average molecular weight is 428 g/mol. The Bertz CT molecular complexity index is 925. The molecule has 1 atom stereocenters. The largest absolute Gasteiger partial charge is 0.325 e. The monoisotopic (exact) mass is 427 g/mol. The van der Waals surface area contributed by atoms with Crippen LogP contribution < -0.4 is 0 Å². The molecule has 0 aromatic heterocycles. The van der Waals surface area contributed by atoms with Gasteiger partial charge in [-0.3, -0.25) is 4.79 Å². The molecule has 0 spiro atoms. The molecular weight excluding hydrogens is 409 g/mol. The van der Waals surface area contributed by atoms with E-state index in [1.165, 1.54) is 0 Å². The summed E-state index contributed by atoms with van der Waals surface area (Å²) in [5.41, 5.74) is 2.88. The molecule has 2 nitrogen and oxygen atoms in total. The molecule has 1 saturated heterocycles. The molecule has 1 fully saturated rings. The molecule has 0 bridgehead atoms. The molecular formula is C23H19Cl2NOS. The van der Waals surface area contributed by atoms with E-state index in [2.05, 4.69) is 0 Å². The number of rotatable bonds is 4. The zero-order chi connectivity index (χ0) is 19.5. The van der Waals surface area contributed by atoms with Gasteiger partial charge in [-0.05, 0) is 17.2 Å². The summed E-state index contributed by atoms with van der Waals surface area (Å²) in [6.45, 7) is 0.688. The minimum atomic E-state index is -0.346. The Labute approximate surface area is 179 Å². The number of carbonyl (C=O) groups is 1. The molecule has 3 aromatic rings. The Kier molecular flexibility index (Phi) is 5.96. The normalized spacial score (nSPS) is 16.5. The second-order valence-corrected chi connectivity index (χ2v) is 8.63. The molecule has 0 saturated carbocycles. The van der Waals surface area contributed by atoms with Crippen LogP contribution in [0.15, 0.2) is 78.9 Å². The summed E-state index contributed by atoms with van der Waals surface area (Å²) in [5.74, 6) is 0.611. The van der Waals surface area contributed by atoms with Gasteiger partial charge in [0.25, 0.3) is 0 Å². The molecule has 3 aromatic carbocycles. The van der Waals surface area contributed by atoms with Crippen LogP contribution in [0.1, 0.15) is 28.0 Å². The van der Waals surface area contributed by atoms with Crippen molar-refractivity contribution >= 4 is 40.9 Å². The van der Waals surface area contributed by atoms with Gasteiger partial charge < -0.3 is 4.90 Å². The van der Waals surface area contributed by atoms with Crippen molar-refractivity contribution in [3.05, 3.63) is 106 Å². The standard InChI is InChI=1S/C23H19Cl2NOS/c24-19-13-7-12-18(21(19)25)23-26(14-15-28-23)22(27)20(16-8-3-1-4-9-16)17-10-5-2-6-11-17/h1-13,20,23H,14-15H2. The van der Waals surface area contributed by atoms with Crippen LogP contribution in [-0.2, 0) is 4.79 Å². The lowest BCUT2D eigenvalue weighted by molar-refractivity contribution is -0.132. The van der Waals surface area contributed by atoms with Gasteiger partial charge in [0.15, 0.2) is 0 Å². The fraction of sp³-hybridized carbons (Fsp3) is 0.174. The highest BCUT2D eigenvalue weighted by molar-refractivity contribution is 7.99. The summed E-state index contributed by atoms with van der Waals surface area (Å²) in [6.07, 6.45) is 0. The fourth-order valence-corrected chi connectivity index (χ4v) is 5.37. The van der Waals surface area contributed by atoms with Crippen molar-refractivity contribution in [1.82, 2.24) is 4.90 Å². The maximum Gasteiger partial charge on any atom is 0.235 e. The van der Waals surface area contributed by atoms with Crippen LogP contribution in [-0.4, -0.2) is 23.1 Å². The van der Waals surface area contributed by atoms with Gasteiger partial charge in [-0.1, -0.05) is 96.0 Å². The van der Waals surface area contributed by atoms with Gasteiger partial charge >= 0.3 is 0 Å². The van der Waals surface area contributed by atoms with Crippen molar-refractivity contribution in [3.63, 3.8) is 0 Å². The fourth-order valence-electron chi connectivity index (χ4n) is 3.60. The number of amides is 1. The molecule has 1 heterocycles. The first-order chi connectivity index (χ1) is 13.7. The Morgan fingerprint density at radius 3 is 2.11 bits per heavy atom. The average Bonchev–Trinajstić information content (AvgIpc) is 3.21. The van der Waals surface area contributed by atoms with Crippen LogP contribution in [0.5, 0.6) is 0 Å². The highest BCUT2D eigenvalue weighted by atomic mass is 35.5. The molecule has 1 aliphatic rings. The van der Waals surface area contributed by atoms with E-state index in [1.54, 1.807) is 17.8 Å². The third-order valence-corrected chi connectivity index (χ3v) is 7.01. The zero-order valence-corrected chi connectivity index (χ0v) is 17.4. The van der Waals surface area contributed by atoms with Gasteiger partial charge in [0.2, 0.25) is 5.91 Å². The van der Waals surface area contributed by atoms with Crippen molar-refractivity contribution in [1.29, 1.82) is 0 Å². The van der Waals surface area contributed by atoms with Crippen LogP contribution in [0.2, 0.25) is 10.0 Å². The molecule has 4 rings (SSSR count). The lowest BCUT2D eigenvalue weighted by Crippen LogP contribution is -2.35. The minimum absolute atomic E-state index is 0.0865. The molecule has 0 aliphatic carbocycles. The van der Waals surface area contributed by atoms with Crippen molar-refractivity contribution in [3.8, 4) is 0 Å². The number of benzene rings is 3. The summed E-state index contributed by atoms with van der Waals surface area (Å²) in [5, 5.41) is 0.910. The minimum Gasteiger partial charge on any atom is -0.325 e. The van der Waals surface area contributed by atoms with Crippen LogP contribution in [0.3, 0.4) is 0 Å². The first-order valence-corrected chi connectivity index (χ1v) is 10.9. The molecule has 142 valence electrons. The number of hydrogen-bond acceptors (Lipinski definition) is 2. The van der Waals surface area contributed by atoms with Crippen molar-refractivity contribution in [2.45, 2.75) is 11.3 Å². The lowest BCUT2D eigenvalue weighted by atomic mass is 9.90. The highest BCUT2D eigenvalue weighted by Gasteiger charge is 2.36. The summed E-state index contributed by atoms with van der Waals surface area (Å²) >= 11 is 14.4. The van der Waals surface area contributed by atoms with Crippen molar-refractivity contribution in [2.24, 2.45) is 0 Å². The second kappa shape index (κ2) is 8.60. The number of halogens is 2. The Balaban J connectivity index is 1.73. The Morgan fingerprint density at radius 1 is 0.893 bits per heavy atom. The van der Waals surface area contributed by atoms with Crippen LogP contribution in [0.4, 0.5) is 0 Å². The molecule has 1 amide bonds. The molecule has 0 radical (unpaired) electrons. The van der Waals surface area contributed by atoms with E-state index in [4.69, 9.17) is 23.2 Å². The van der Waals surface area contributed by atoms with E-state index in [0.717, 1.165) is 22.4 Å². The second-order valence-electron chi connectivity index (χ2n) is 6.65. The van der Waals surface area contributed by atoms with Crippen LogP contribution >= 0.6 is 35.0 Å². The number of thioether (sulfide) groups is 1. The molecule has 28 heavy (non-hydrogen) atoms. The van der Waals surface area contributed by atoms with Crippen LogP contribution in [0.25, 0.3) is 0 Å². The number of hydrogen-bond donors (Lipinski definition) is 0. The lowest BCUT2D eigenvalue weighted by Gasteiger charge is -2.29. The number of nitrogens with zero attached hydrogens (tertiary/aromatic N) is 1. The molecule has 0 N–H and O–H groups in total. The first kappa shape index (κ1) is 19.4. The quantitative estimate of drug-likeness (QED) is 0.479. The summed E-state index contributed by atoms with van der Waals surface area (Å²) in [4.78, 5) is 15.7. The third-order valence-electron chi connectivity index (χ3n) is 4.93. The third kappa shape index (κ3) is 3.80. The Hall–Kier alpha value is -1.94. The van der Waals surface area contributed by atoms with Crippen molar-refractivity contribution in [2.75, 3.05) is 12.3 Å². The Morgan fingerprint density at radius 2 is 1.50 bits per heavy atom. The number of carbonyl (C=O) groups excluding carboxylic acids is 1. The van der Waals surface area contributed by atoms with E-state index < -0.39 is 0 Å². The van der Waals surface area contributed by atoms with E-state index in [9.17, 15) is 4.79 Å². The smallest absolute Gasteiger partial charge is 0.235 e. The van der Waals surface area contributed by atoms with Gasteiger partial charge in [0.05, 0.1) is 16.0 Å². The molecule has 5 heteroatoms. The predicted octanol–water partition coefficient (Wildman–Crippen LogP) is 6.40. The van der Waals surface area contributed by atoms with Crippen molar-refractivity contribution < 1.29 is 4.79 Å². The maximum absolute atomic E-state index is 13.8. The topological polar surface area (TPSA) is 20.3 Å². The van der Waals surface area contributed by atoms with E-state index in [-0.39, 0.29) is 17.2 Å². The highest BCUT2D eigenvalue weighted by Crippen LogP contribution is 2.44. The summed E-state index contributed by atoms with van der Waals surface area (Å²) < 4.78 is 0.